The maximum Gasteiger partial charge on any atom is 0.405 e. The van der Waals surface area contributed by atoms with E-state index in [2.05, 4.69) is 15.1 Å². The number of hydrogen-bond acceptors (Lipinski definition) is 4. The molecule has 0 atom stereocenters. The number of nitrogens with zero attached hydrogens (tertiary/aromatic N) is 3. The number of alkyl halides is 3. The molecule has 4 rings (SSSR count). The number of halogens is 3. The molecule has 1 amide bonds. The molecular weight excluding hydrogens is 379 g/mol. The maximum atomic E-state index is 12.2. The lowest BCUT2D eigenvalue weighted by atomic mass is 10.1. The third-order valence-corrected chi connectivity index (χ3v) is 4.78. The van der Waals surface area contributed by atoms with Gasteiger partial charge >= 0.3 is 6.18 Å². The Balaban J connectivity index is 1.60. The molecule has 0 aliphatic heterocycles. The molecule has 6 nitrogen and oxygen atoms in total. The lowest BCUT2D eigenvalue weighted by molar-refractivity contribution is -0.123. The Labute approximate surface area is 154 Å². The number of aromatic nitrogens is 4. The molecule has 2 N–H and O–H groups in total. The Morgan fingerprint density at radius 3 is 2.89 bits per heavy atom. The SMILES string of the molecule is O=C(NCC(F)(F)F)c1cc(-c2cnn3cc(-c4ccc[nH]4)cnc23)cs1. The van der Waals surface area contributed by atoms with E-state index in [-0.39, 0.29) is 4.88 Å². The fourth-order valence-electron chi connectivity index (χ4n) is 2.59. The van der Waals surface area contributed by atoms with Gasteiger partial charge in [0.2, 0.25) is 0 Å². The maximum absolute atomic E-state index is 12.2. The lowest BCUT2D eigenvalue weighted by Gasteiger charge is -2.06. The summed E-state index contributed by atoms with van der Waals surface area (Å²) in [5.41, 5.74) is 3.72. The summed E-state index contributed by atoms with van der Waals surface area (Å²) in [4.78, 5) is 19.6. The van der Waals surface area contributed by atoms with E-state index in [1.807, 2.05) is 29.8 Å². The summed E-state index contributed by atoms with van der Waals surface area (Å²) in [7, 11) is 0. The van der Waals surface area contributed by atoms with Crippen molar-refractivity contribution in [1.29, 1.82) is 0 Å². The molecule has 0 saturated heterocycles. The molecule has 0 radical (unpaired) electrons. The van der Waals surface area contributed by atoms with Crippen LogP contribution in [0.4, 0.5) is 13.2 Å². The molecule has 4 heterocycles. The van der Waals surface area contributed by atoms with E-state index < -0.39 is 18.6 Å². The van der Waals surface area contributed by atoms with Crippen molar-refractivity contribution in [3.63, 3.8) is 0 Å². The molecule has 0 aliphatic carbocycles. The minimum absolute atomic E-state index is 0.191. The van der Waals surface area contributed by atoms with Gasteiger partial charge in [-0.1, -0.05) is 0 Å². The zero-order chi connectivity index (χ0) is 19.0. The zero-order valence-corrected chi connectivity index (χ0v) is 14.4. The summed E-state index contributed by atoms with van der Waals surface area (Å²) in [5.74, 6) is -0.762. The van der Waals surface area contributed by atoms with Crippen molar-refractivity contribution in [2.75, 3.05) is 6.54 Å². The zero-order valence-electron chi connectivity index (χ0n) is 13.6. The van der Waals surface area contributed by atoms with Crippen molar-refractivity contribution < 1.29 is 18.0 Å². The highest BCUT2D eigenvalue weighted by molar-refractivity contribution is 7.12. The van der Waals surface area contributed by atoms with Crippen LogP contribution in [0.2, 0.25) is 0 Å². The highest BCUT2D eigenvalue weighted by atomic mass is 32.1. The monoisotopic (exact) mass is 391 g/mol. The van der Waals surface area contributed by atoms with Crippen LogP contribution in [0.1, 0.15) is 9.67 Å². The van der Waals surface area contributed by atoms with Crippen molar-refractivity contribution in [2.24, 2.45) is 0 Å². The number of hydrogen-bond donors (Lipinski definition) is 2. The average molecular weight is 391 g/mol. The van der Waals surface area contributed by atoms with Gasteiger partial charge in [0.1, 0.15) is 6.54 Å². The number of carbonyl (C=O) groups is 1. The Hall–Kier alpha value is -3.14. The number of aromatic amines is 1. The lowest BCUT2D eigenvalue weighted by Crippen LogP contribution is -2.33. The largest absolute Gasteiger partial charge is 0.405 e. The first-order valence-corrected chi connectivity index (χ1v) is 8.70. The predicted molar refractivity (Wildman–Crippen MR) is 94.5 cm³/mol. The number of carbonyl (C=O) groups excluding carboxylic acids is 1. The second kappa shape index (κ2) is 6.54. The van der Waals surface area contributed by atoms with Crippen molar-refractivity contribution in [3.05, 3.63) is 53.2 Å². The van der Waals surface area contributed by atoms with Crippen molar-refractivity contribution >= 4 is 22.9 Å². The summed E-state index contributed by atoms with van der Waals surface area (Å²) in [5, 5.41) is 7.84. The summed E-state index contributed by atoms with van der Waals surface area (Å²) < 4.78 is 38.3. The van der Waals surface area contributed by atoms with Crippen LogP contribution in [0, 0.1) is 0 Å². The van der Waals surface area contributed by atoms with E-state index in [9.17, 15) is 18.0 Å². The molecule has 0 bridgehead atoms. The van der Waals surface area contributed by atoms with Crippen molar-refractivity contribution in [2.45, 2.75) is 6.18 Å². The second-order valence-corrected chi connectivity index (χ2v) is 6.66. The Bertz CT molecular complexity index is 1100. The van der Waals surface area contributed by atoms with Gasteiger partial charge in [0.05, 0.1) is 11.1 Å². The fraction of sp³-hybridized carbons (Fsp3) is 0.118. The highest BCUT2D eigenvalue weighted by Crippen LogP contribution is 2.29. The van der Waals surface area contributed by atoms with E-state index >= 15 is 0 Å². The van der Waals surface area contributed by atoms with Crippen LogP contribution in [0.25, 0.3) is 28.0 Å². The van der Waals surface area contributed by atoms with Crippen LogP contribution in [0.15, 0.2) is 48.4 Å². The summed E-state index contributed by atoms with van der Waals surface area (Å²) in [6.07, 6.45) is 2.50. The van der Waals surface area contributed by atoms with E-state index in [0.717, 1.165) is 22.6 Å². The molecule has 0 aromatic carbocycles. The van der Waals surface area contributed by atoms with Gasteiger partial charge in [-0.3, -0.25) is 4.79 Å². The third-order valence-electron chi connectivity index (χ3n) is 3.85. The van der Waals surface area contributed by atoms with Gasteiger partial charge in [-0.25, -0.2) is 9.50 Å². The van der Waals surface area contributed by atoms with Gasteiger partial charge in [0, 0.05) is 35.4 Å². The first-order chi connectivity index (χ1) is 12.9. The third kappa shape index (κ3) is 3.56. The minimum atomic E-state index is -4.45. The first-order valence-electron chi connectivity index (χ1n) is 7.82. The minimum Gasteiger partial charge on any atom is -0.361 e. The van der Waals surface area contributed by atoms with Gasteiger partial charge in [0.25, 0.3) is 5.91 Å². The van der Waals surface area contributed by atoms with E-state index in [0.29, 0.717) is 16.8 Å². The smallest absolute Gasteiger partial charge is 0.361 e. The van der Waals surface area contributed by atoms with Crippen LogP contribution in [0.3, 0.4) is 0 Å². The Morgan fingerprint density at radius 2 is 2.15 bits per heavy atom. The topological polar surface area (TPSA) is 75.1 Å². The predicted octanol–water partition coefficient (Wildman–Crippen LogP) is 3.75. The molecule has 0 fully saturated rings. The van der Waals surface area contributed by atoms with Crippen LogP contribution >= 0.6 is 11.3 Å². The van der Waals surface area contributed by atoms with E-state index in [1.54, 1.807) is 22.3 Å². The van der Waals surface area contributed by atoms with Crippen LogP contribution in [-0.4, -0.2) is 38.2 Å². The Kier molecular flexibility index (Phi) is 4.19. The highest BCUT2D eigenvalue weighted by Gasteiger charge is 2.28. The van der Waals surface area contributed by atoms with Crippen molar-refractivity contribution in [1.82, 2.24) is 24.9 Å². The standard InChI is InChI=1S/C17H12F3N5OS/c18-17(19,20)9-23-16(26)14-4-10(8-27-14)12-6-24-25-7-11(5-22-15(12)25)13-2-1-3-21-13/h1-8,21H,9H2,(H,23,26). The summed E-state index contributed by atoms with van der Waals surface area (Å²) >= 11 is 1.07. The van der Waals surface area contributed by atoms with Gasteiger partial charge < -0.3 is 10.3 Å². The Morgan fingerprint density at radius 1 is 1.30 bits per heavy atom. The normalized spacial score (nSPS) is 11.8. The molecule has 0 unspecified atom stereocenters. The van der Waals surface area contributed by atoms with Gasteiger partial charge in [-0.2, -0.15) is 18.3 Å². The number of H-pyrrole nitrogens is 1. The van der Waals surface area contributed by atoms with E-state index in [4.69, 9.17) is 0 Å². The number of thiophene rings is 1. The number of amides is 1. The molecule has 10 heteroatoms. The quantitative estimate of drug-likeness (QED) is 0.556. The summed E-state index contributed by atoms with van der Waals surface area (Å²) in [6, 6.07) is 5.33. The van der Waals surface area contributed by atoms with Gasteiger partial charge in [0.15, 0.2) is 5.65 Å². The number of rotatable bonds is 4. The molecule has 0 spiro atoms. The van der Waals surface area contributed by atoms with Crippen molar-refractivity contribution in [3.8, 4) is 22.4 Å². The molecule has 4 aromatic heterocycles. The molecule has 27 heavy (non-hydrogen) atoms. The van der Waals surface area contributed by atoms with Gasteiger partial charge in [-0.15, -0.1) is 11.3 Å². The molecule has 4 aromatic rings. The van der Waals surface area contributed by atoms with Crippen LogP contribution < -0.4 is 5.32 Å². The molecule has 0 saturated carbocycles. The summed E-state index contributed by atoms with van der Waals surface area (Å²) in [6.45, 7) is -1.36. The van der Waals surface area contributed by atoms with Gasteiger partial charge in [-0.05, 0) is 29.1 Å². The number of nitrogens with one attached hydrogen (secondary N) is 2. The first kappa shape index (κ1) is 17.3. The van der Waals surface area contributed by atoms with Crippen LogP contribution in [-0.2, 0) is 0 Å². The fourth-order valence-corrected chi connectivity index (χ4v) is 3.41. The molecule has 138 valence electrons. The van der Waals surface area contributed by atoms with E-state index in [1.165, 1.54) is 6.07 Å². The molecule has 0 aliphatic rings. The average Bonchev–Trinajstić information content (AvgIpc) is 3.37. The van der Waals surface area contributed by atoms with Crippen LogP contribution in [0.5, 0.6) is 0 Å². The molecular formula is C17H12F3N5OS. The second-order valence-electron chi connectivity index (χ2n) is 5.75. The number of fused-ring (bicyclic) bond motifs is 1.